The monoisotopic (exact) mass is 300 g/mol. The molecule has 0 saturated carbocycles. The van der Waals surface area contributed by atoms with E-state index in [2.05, 4.69) is 24.0 Å². The lowest BCUT2D eigenvalue weighted by molar-refractivity contribution is -0.128. The maximum Gasteiger partial charge on any atom is 0.343 e. The minimum Gasteiger partial charge on any atom is -0.342 e. The summed E-state index contributed by atoms with van der Waals surface area (Å²) in [6.45, 7) is 8.33. The van der Waals surface area contributed by atoms with Crippen molar-refractivity contribution in [3.8, 4) is 0 Å². The average molecular weight is 300 g/mol. The molecule has 1 N–H and O–H groups in total. The Morgan fingerprint density at radius 3 is 2.45 bits per heavy atom. The van der Waals surface area contributed by atoms with Crippen LogP contribution in [0, 0.1) is 0 Å². The first-order valence-corrected chi connectivity index (χ1v) is 8.18. The molecule has 0 unspecified atom stereocenters. The molecule has 1 rings (SSSR count). The normalized spacial score (nSPS) is 10.8. The maximum absolute atomic E-state index is 12.2. The number of amides is 1. The van der Waals surface area contributed by atoms with Crippen LogP contribution in [0.3, 0.4) is 0 Å². The van der Waals surface area contributed by atoms with Crippen molar-refractivity contribution in [1.82, 2.24) is 19.7 Å². The zero-order valence-electron chi connectivity index (χ0n) is 12.5. The van der Waals surface area contributed by atoms with Crippen LogP contribution in [0.15, 0.2) is 9.95 Å². The van der Waals surface area contributed by atoms with Gasteiger partial charge in [0.1, 0.15) is 0 Å². The van der Waals surface area contributed by atoms with Crippen molar-refractivity contribution < 1.29 is 4.79 Å². The SMILES string of the molecule is CCCN(CCC)C(=O)CSc1n[nH]c(=O)n1CCC. The Labute approximate surface area is 123 Å². The Morgan fingerprint density at radius 1 is 1.25 bits per heavy atom. The van der Waals surface area contributed by atoms with Gasteiger partial charge < -0.3 is 4.90 Å². The molecule has 0 saturated heterocycles. The first kappa shape index (κ1) is 16.8. The van der Waals surface area contributed by atoms with E-state index >= 15 is 0 Å². The van der Waals surface area contributed by atoms with Crippen molar-refractivity contribution >= 4 is 17.7 Å². The number of H-pyrrole nitrogens is 1. The largest absolute Gasteiger partial charge is 0.343 e. The second-order valence-electron chi connectivity index (χ2n) is 4.63. The second kappa shape index (κ2) is 8.84. The third kappa shape index (κ3) is 4.70. The standard InChI is InChI=1S/C13H24N4O2S/c1-4-7-16(8-5-2)11(18)10-20-13-15-14-12(19)17(13)9-6-3/h4-10H2,1-3H3,(H,14,19). The van der Waals surface area contributed by atoms with E-state index in [0.717, 1.165) is 32.4 Å². The van der Waals surface area contributed by atoms with Gasteiger partial charge in [-0.1, -0.05) is 32.5 Å². The van der Waals surface area contributed by atoms with E-state index < -0.39 is 0 Å². The Hall–Kier alpha value is -1.24. The fourth-order valence-corrected chi connectivity index (χ4v) is 2.83. The van der Waals surface area contributed by atoms with Crippen LogP contribution in [0.5, 0.6) is 0 Å². The van der Waals surface area contributed by atoms with Gasteiger partial charge in [0.15, 0.2) is 5.16 Å². The molecule has 1 aromatic heterocycles. The zero-order chi connectivity index (χ0) is 15.0. The van der Waals surface area contributed by atoms with Crippen LogP contribution in [0.25, 0.3) is 0 Å². The second-order valence-corrected chi connectivity index (χ2v) is 5.57. The summed E-state index contributed by atoms with van der Waals surface area (Å²) in [5.74, 6) is 0.436. The fraction of sp³-hybridized carbons (Fsp3) is 0.769. The quantitative estimate of drug-likeness (QED) is 0.705. The van der Waals surface area contributed by atoms with Crippen molar-refractivity contribution in [3.63, 3.8) is 0 Å². The highest BCUT2D eigenvalue weighted by atomic mass is 32.2. The molecule has 0 aliphatic carbocycles. The Kier molecular flexibility index (Phi) is 7.43. The molecule has 114 valence electrons. The van der Waals surface area contributed by atoms with Crippen LogP contribution in [0.2, 0.25) is 0 Å². The number of hydrogen-bond donors (Lipinski definition) is 1. The van der Waals surface area contributed by atoms with Crippen molar-refractivity contribution in [3.05, 3.63) is 10.5 Å². The van der Waals surface area contributed by atoms with E-state index in [1.165, 1.54) is 11.8 Å². The van der Waals surface area contributed by atoms with Crippen molar-refractivity contribution in [1.29, 1.82) is 0 Å². The number of nitrogens with one attached hydrogen (secondary N) is 1. The molecule has 0 spiro atoms. The number of carbonyl (C=O) groups excluding carboxylic acids is 1. The van der Waals surface area contributed by atoms with Gasteiger partial charge in [-0.2, -0.15) is 0 Å². The first-order chi connectivity index (χ1) is 9.63. The van der Waals surface area contributed by atoms with Gasteiger partial charge in [-0.3, -0.25) is 9.36 Å². The Balaban J connectivity index is 2.61. The van der Waals surface area contributed by atoms with E-state index in [1.807, 2.05) is 11.8 Å². The lowest BCUT2D eigenvalue weighted by Crippen LogP contribution is -2.33. The van der Waals surface area contributed by atoms with Gasteiger partial charge in [0.2, 0.25) is 5.91 Å². The van der Waals surface area contributed by atoms with Crippen LogP contribution >= 0.6 is 11.8 Å². The number of aromatic nitrogens is 3. The molecule has 1 aromatic rings. The highest BCUT2D eigenvalue weighted by Crippen LogP contribution is 2.14. The number of nitrogens with zero attached hydrogens (tertiary/aromatic N) is 3. The summed E-state index contributed by atoms with van der Waals surface area (Å²) in [4.78, 5) is 25.6. The molecule has 0 aromatic carbocycles. The Bertz CT molecular complexity index is 463. The Morgan fingerprint density at radius 2 is 1.90 bits per heavy atom. The molecule has 6 nitrogen and oxygen atoms in total. The summed E-state index contributed by atoms with van der Waals surface area (Å²) in [5, 5.41) is 7.01. The van der Waals surface area contributed by atoms with Crippen LogP contribution in [0.4, 0.5) is 0 Å². The van der Waals surface area contributed by atoms with Gasteiger partial charge in [0.05, 0.1) is 5.75 Å². The van der Waals surface area contributed by atoms with Gasteiger partial charge in [-0.05, 0) is 19.3 Å². The van der Waals surface area contributed by atoms with E-state index in [0.29, 0.717) is 17.5 Å². The summed E-state index contributed by atoms with van der Waals surface area (Å²) >= 11 is 1.33. The predicted molar refractivity (Wildman–Crippen MR) is 81.0 cm³/mol. The van der Waals surface area contributed by atoms with Crippen LogP contribution < -0.4 is 5.69 Å². The number of hydrogen-bond acceptors (Lipinski definition) is 4. The smallest absolute Gasteiger partial charge is 0.342 e. The van der Waals surface area contributed by atoms with Crippen LogP contribution in [-0.4, -0.2) is 44.4 Å². The lowest BCUT2D eigenvalue weighted by atomic mass is 10.3. The molecule has 0 aliphatic heterocycles. The van der Waals surface area contributed by atoms with Crippen LogP contribution in [-0.2, 0) is 11.3 Å². The summed E-state index contributed by atoms with van der Waals surface area (Å²) in [7, 11) is 0. The highest BCUT2D eigenvalue weighted by molar-refractivity contribution is 7.99. The number of rotatable bonds is 9. The molecule has 20 heavy (non-hydrogen) atoms. The van der Waals surface area contributed by atoms with Gasteiger partial charge in [0, 0.05) is 19.6 Å². The molecule has 0 atom stereocenters. The molecule has 0 aliphatic rings. The lowest BCUT2D eigenvalue weighted by Gasteiger charge is -2.21. The summed E-state index contributed by atoms with van der Waals surface area (Å²) in [5.41, 5.74) is -0.208. The molecular formula is C13H24N4O2S. The van der Waals surface area contributed by atoms with Gasteiger partial charge in [-0.25, -0.2) is 9.89 Å². The fourth-order valence-electron chi connectivity index (χ4n) is 1.95. The van der Waals surface area contributed by atoms with Crippen LogP contribution in [0.1, 0.15) is 40.0 Å². The van der Waals surface area contributed by atoms with Gasteiger partial charge in [-0.15, -0.1) is 5.10 Å². The molecule has 0 bridgehead atoms. The average Bonchev–Trinajstić information content (AvgIpc) is 2.78. The summed E-state index contributed by atoms with van der Waals surface area (Å²) in [6, 6.07) is 0. The van der Waals surface area contributed by atoms with Crippen molar-refractivity contribution in [2.45, 2.75) is 51.7 Å². The number of carbonyl (C=O) groups is 1. The molecular weight excluding hydrogens is 276 g/mol. The van der Waals surface area contributed by atoms with E-state index in [9.17, 15) is 9.59 Å². The minimum atomic E-state index is -0.208. The zero-order valence-corrected chi connectivity index (χ0v) is 13.3. The maximum atomic E-state index is 12.2. The number of aromatic amines is 1. The third-order valence-electron chi connectivity index (χ3n) is 2.83. The molecule has 7 heteroatoms. The van der Waals surface area contributed by atoms with Gasteiger partial charge in [0.25, 0.3) is 0 Å². The highest BCUT2D eigenvalue weighted by Gasteiger charge is 2.15. The van der Waals surface area contributed by atoms with E-state index in [4.69, 9.17) is 0 Å². The minimum absolute atomic E-state index is 0.109. The predicted octanol–water partition coefficient (Wildman–Crippen LogP) is 1.72. The first-order valence-electron chi connectivity index (χ1n) is 7.19. The molecule has 1 heterocycles. The van der Waals surface area contributed by atoms with Crippen molar-refractivity contribution in [2.24, 2.45) is 0 Å². The molecule has 0 radical (unpaired) electrons. The molecule has 1 amide bonds. The summed E-state index contributed by atoms with van der Waals surface area (Å²) < 4.78 is 1.59. The van der Waals surface area contributed by atoms with E-state index in [1.54, 1.807) is 4.57 Å². The molecule has 0 fully saturated rings. The van der Waals surface area contributed by atoms with Gasteiger partial charge >= 0.3 is 5.69 Å². The third-order valence-corrected chi connectivity index (χ3v) is 3.80. The van der Waals surface area contributed by atoms with Crippen molar-refractivity contribution in [2.75, 3.05) is 18.8 Å². The summed E-state index contributed by atoms with van der Waals surface area (Å²) in [6.07, 6.45) is 2.78. The topological polar surface area (TPSA) is 71.0 Å². The van der Waals surface area contributed by atoms with E-state index in [-0.39, 0.29) is 11.6 Å². The number of thioether (sulfide) groups is 1.